The molecule has 7 heteroatoms. The van der Waals surface area contributed by atoms with Crippen molar-refractivity contribution in [2.24, 2.45) is 10.6 Å². The van der Waals surface area contributed by atoms with Gasteiger partial charge >= 0.3 is 6.18 Å². The summed E-state index contributed by atoms with van der Waals surface area (Å²) in [4.78, 5) is -0.0352. The number of benzene rings is 2. The molecule has 1 spiro atoms. The molecule has 3 nitrogen and oxygen atoms in total. The zero-order chi connectivity index (χ0) is 20.9. The van der Waals surface area contributed by atoms with Gasteiger partial charge in [0.2, 0.25) is 10.0 Å². The standard InChI is InChI=1S/C22H22F3NO2S/c23-22(24,25)19-9-3-1-7-15(19)17-13-21(11-5-6-12-21)14-18(17)16-8-2-4-10-20(16)29(26,27)28/h1-4,7-10H,5-6,11-14H2,(H2,26,27,28). The molecule has 0 saturated heterocycles. The Kier molecular flexibility index (Phi) is 4.86. The summed E-state index contributed by atoms with van der Waals surface area (Å²) in [5.74, 6) is 0. The van der Waals surface area contributed by atoms with Crippen LogP contribution in [-0.2, 0) is 16.2 Å². The summed E-state index contributed by atoms with van der Waals surface area (Å²) < 4.78 is 65.5. The summed E-state index contributed by atoms with van der Waals surface area (Å²) in [5.41, 5.74) is 1.04. The van der Waals surface area contributed by atoms with Crippen LogP contribution >= 0.6 is 0 Å². The van der Waals surface area contributed by atoms with Gasteiger partial charge in [-0.15, -0.1) is 0 Å². The molecule has 0 aromatic heterocycles. The van der Waals surface area contributed by atoms with Crippen LogP contribution in [0.4, 0.5) is 13.2 Å². The number of rotatable bonds is 3. The molecule has 2 aromatic rings. The minimum absolute atomic E-state index is 0.0352. The number of nitrogens with two attached hydrogens (primary N) is 1. The molecule has 0 heterocycles. The number of hydrogen-bond acceptors (Lipinski definition) is 2. The Balaban J connectivity index is 1.97. The number of sulfonamides is 1. The van der Waals surface area contributed by atoms with Crippen LogP contribution in [0.2, 0.25) is 0 Å². The second-order valence-electron chi connectivity index (χ2n) is 8.10. The van der Waals surface area contributed by atoms with Crippen molar-refractivity contribution in [3.63, 3.8) is 0 Å². The summed E-state index contributed by atoms with van der Waals surface area (Å²) in [6.07, 6.45) is 0.559. The van der Waals surface area contributed by atoms with Gasteiger partial charge in [-0.3, -0.25) is 0 Å². The Hall–Kier alpha value is -2.12. The van der Waals surface area contributed by atoms with Crippen LogP contribution in [0.1, 0.15) is 55.2 Å². The predicted octanol–water partition coefficient (Wildman–Crippen LogP) is 5.62. The molecule has 2 aliphatic carbocycles. The maximum Gasteiger partial charge on any atom is 0.416 e. The Labute approximate surface area is 168 Å². The summed E-state index contributed by atoms with van der Waals surface area (Å²) in [5, 5.41) is 5.42. The van der Waals surface area contributed by atoms with E-state index in [9.17, 15) is 21.6 Å². The van der Waals surface area contributed by atoms with Gasteiger partial charge in [0.25, 0.3) is 0 Å². The van der Waals surface area contributed by atoms with E-state index >= 15 is 0 Å². The zero-order valence-electron chi connectivity index (χ0n) is 15.8. The SMILES string of the molecule is NS(=O)(=O)c1ccccc1C1=C(c2ccccc2C(F)(F)F)CC2(CCCC2)C1. The van der Waals surface area contributed by atoms with Crippen LogP contribution < -0.4 is 5.14 Å². The highest BCUT2D eigenvalue weighted by molar-refractivity contribution is 7.89. The van der Waals surface area contributed by atoms with Crippen molar-refractivity contribution in [1.82, 2.24) is 0 Å². The largest absolute Gasteiger partial charge is 0.416 e. The monoisotopic (exact) mass is 421 g/mol. The lowest BCUT2D eigenvalue weighted by molar-refractivity contribution is -0.137. The minimum atomic E-state index is -4.49. The summed E-state index contributed by atoms with van der Waals surface area (Å²) >= 11 is 0. The van der Waals surface area contributed by atoms with Gasteiger partial charge in [-0.25, -0.2) is 13.6 Å². The first-order valence-corrected chi connectivity index (χ1v) is 11.2. The number of alkyl halides is 3. The van der Waals surface area contributed by atoms with Gasteiger partial charge in [-0.1, -0.05) is 49.2 Å². The molecule has 0 aliphatic heterocycles. The smallest absolute Gasteiger partial charge is 0.225 e. The Bertz CT molecular complexity index is 1080. The maximum atomic E-state index is 13.7. The maximum absolute atomic E-state index is 13.7. The molecule has 2 aliphatic rings. The van der Waals surface area contributed by atoms with Gasteiger partial charge in [0.05, 0.1) is 10.5 Å². The van der Waals surface area contributed by atoms with Gasteiger partial charge in [-0.05, 0) is 65.5 Å². The lowest BCUT2D eigenvalue weighted by Crippen LogP contribution is -2.15. The van der Waals surface area contributed by atoms with Crippen molar-refractivity contribution in [2.45, 2.75) is 49.6 Å². The normalized spacial score (nSPS) is 19.3. The van der Waals surface area contributed by atoms with Crippen molar-refractivity contribution >= 4 is 21.2 Å². The molecule has 2 aromatic carbocycles. The molecule has 1 saturated carbocycles. The van der Waals surface area contributed by atoms with Crippen molar-refractivity contribution in [1.29, 1.82) is 0 Å². The molecule has 2 N–H and O–H groups in total. The molecule has 4 rings (SSSR count). The van der Waals surface area contributed by atoms with E-state index in [1.807, 2.05) is 0 Å². The van der Waals surface area contributed by atoms with Gasteiger partial charge in [-0.2, -0.15) is 13.2 Å². The van der Waals surface area contributed by atoms with E-state index < -0.39 is 21.8 Å². The second-order valence-corrected chi connectivity index (χ2v) is 9.63. The van der Waals surface area contributed by atoms with Gasteiger partial charge in [0, 0.05) is 0 Å². The molecule has 154 valence electrons. The minimum Gasteiger partial charge on any atom is -0.225 e. The third-order valence-electron chi connectivity index (χ3n) is 6.21. The van der Waals surface area contributed by atoms with Crippen LogP contribution in [0.25, 0.3) is 11.1 Å². The Morgan fingerprint density at radius 2 is 1.34 bits per heavy atom. The molecule has 0 atom stereocenters. The molecule has 0 radical (unpaired) electrons. The molecular formula is C22H22F3NO2S. The van der Waals surface area contributed by atoms with Gasteiger partial charge < -0.3 is 0 Å². The first-order valence-electron chi connectivity index (χ1n) is 9.62. The third kappa shape index (κ3) is 3.73. The zero-order valence-corrected chi connectivity index (χ0v) is 16.6. The molecule has 1 fully saturated rings. The third-order valence-corrected chi connectivity index (χ3v) is 7.18. The topological polar surface area (TPSA) is 60.2 Å². The number of hydrogen-bond donors (Lipinski definition) is 1. The molecular weight excluding hydrogens is 399 g/mol. The fourth-order valence-corrected chi connectivity index (χ4v) is 5.74. The average molecular weight is 421 g/mol. The van der Waals surface area contributed by atoms with Crippen LogP contribution in [0.5, 0.6) is 0 Å². The predicted molar refractivity (Wildman–Crippen MR) is 106 cm³/mol. The van der Waals surface area contributed by atoms with E-state index in [2.05, 4.69) is 0 Å². The van der Waals surface area contributed by atoms with Crippen molar-refractivity contribution in [3.05, 3.63) is 65.2 Å². The highest BCUT2D eigenvalue weighted by Crippen LogP contribution is 2.58. The van der Waals surface area contributed by atoms with Crippen molar-refractivity contribution in [3.8, 4) is 0 Å². The average Bonchev–Trinajstić information content (AvgIpc) is 3.27. The van der Waals surface area contributed by atoms with Crippen LogP contribution in [0, 0.1) is 5.41 Å². The quantitative estimate of drug-likeness (QED) is 0.699. The molecule has 29 heavy (non-hydrogen) atoms. The Morgan fingerprint density at radius 3 is 1.93 bits per heavy atom. The van der Waals surface area contributed by atoms with E-state index in [-0.39, 0.29) is 15.9 Å². The van der Waals surface area contributed by atoms with Gasteiger partial charge in [0.1, 0.15) is 0 Å². The fraction of sp³-hybridized carbons (Fsp3) is 0.364. The second kappa shape index (κ2) is 6.99. The van der Waals surface area contributed by atoms with E-state index in [1.54, 1.807) is 24.3 Å². The summed E-state index contributed by atoms with van der Waals surface area (Å²) in [6.45, 7) is 0. The van der Waals surface area contributed by atoms with E-state index in [4.69, 9.17) is 5.14 Å². The Morgan fingerprint density at radius 1 is 0.828 bits per heavy atom. The van der Waals surface area contributed by atoms with Crippen molar-refractivity contribution in [2.75, 3.05) is 0 Å². The van der Waals surface area contributed by atoms with Gasteiger partial charge in [0.15, 0.2) is 0 Å². The molecule has 0 bridgehead atoms. The molecule has 0 amide bonds. The van der Waals surface area contributed by atoms with Crippen LogP contribution in [0.3, 0.4) is 0 Å². The van der Waals surface area contributed by atoms with E-state index in [0.717, 1.165) is 31.7 Å². The van der Waals surface area contributed by atoms with Crippen LogP contribution in [0.15, 0.2) is 53.4 Å². The van der Waals surface area contributed by atoms with E-state index in [0.29, 0.717) is 29.6 Å². The number of primary sulfonamides is 1. The van der Waals surface area contributed by atoms with Crippen LogP contribution in [-0.4, -0.2) is 8.42 Å². The first-order chi connectivity index (χ1) is 13.6. The van der Waals surface area contributed by atoms with Crippen molar-refractivity contribution < 1.29 is 21.6 Å². The highest BCUT2D eigenvalue weighted by atomic mass is 32.2. The van der Waals surface area contributed by atoms with E-state index in [1.165, 1.54) is 18.2 Å². The lowest BCUT2D eigenvalue weighted by Gasteiger charge is -2.24. The number of halogens is 3. The highest BCUT2D eigenvalue weighted by Gasteiger charge is 2.44. The lowest BCUT2D eigenvalue weighted by atomic mass is 9.81. The number of allylic oxidation sites excluding steroid dienone is 2. The summed E-state index contributed by atoms with van der Waals surface area (Å²) in [6, 6.07) is 11.9. The fourth-order valence-electron chi connectivity index (χ4n) is 4.98. The first kappa shape index (κ1) is 20.2. The summed E-state index contributed by atoms with van der Waals surface area (Å²) in [7, 11) is -4.01. The molecule has 0 unspecified atom stereocenters.